The number of aliphatic hydroxyl groups is 1. The van der Waals surface area contributed by atoms with E-state index in [4.69, 9.17) is 23.7 Å². The van der Waals surface area contributed by atoms with E-state index in [1.165, 1.54) is 7.11 Å². The second-order valence-electron chi connectivity index (χ2n) is 11.8. The van der Waals surface area contributed by atoms with Crippen LogP contribution in [-0.2, 0) is 42.9 Å². The quantitative estimate of drug-likeness (QED) is 0.0983. The maximum atomic E-state index is 13.7. The molecule has 14 nitrogen and oxygen atoms in total. The minimum atomic E-state index is -1.52. The molecule has 0 aromatic heterocycles. The van der Waals surface area contributed by atoms with Crippen LogP contribution in [0.5, 0.6) is 0 Å². The van der Waals surface area contributed by atoms with Crippen molar-refractivity contribution in [2.24, 2.45) is 11.8 Å². The van der Waals surface area contributed by atoms with E-state index in [-0.39, 0.29) is 37.5 Å². The van der Waals surface area contributed by atoms with Gasteiger partial charge in [-0.3, -0.25) is 24.5 Å². The summed E-state index contributed by atoms with van der Waals surface area (Å²) in [5.74, 6) is -4.16. The molecule has 0 spiro atoms. The van der Waals surface area contributed by atoms with E-state index in [9.17, 15) is 29.1 Å². The number of unbranched alkanes of at least 4 members (excludes halogenated alkanes) is 2. The van der Waals surface area contributed by atoms with Gasteiger partial charge in [-0.2, -0.15) is 0 Å². The number of hydrogen-bond donors (Lipinski definition) is 4. The van der Waals surface area contributed by atoms with Gasteiger partial charge in [0.2, 0.25) is 11.8 Å². The van der Waals surface area contributed by atoms with Crippen molar-refractivity contribution < 1.29 is 52.8 Å². The van der Waals surface area contributed by atoms with Crippen LogP contribution in [0.1, 0.15) is 65.2 Å². The van der Waals surface area contributed by atoms with Crippen molar-refractivity contribution in [1.29, 1.82) is 0 Å². The summed E-state index contributed by atoms with van der Waals surface area (Å²) >= 11 is 0. The van der Waals surface area contributed by atoms with Gasteiger partial charge in [-0.15, -0.1) is 0 Å². The Morgan fingerprint density at radius 2 is 1.40 bits per heavy atom. The van der Waals surface area contributed by atoms with E-state index in [1.54, 1.807) is 42.5 Å². The van der Waals surface area contributed by atoms with E-state index < -0.39 is 67.2 Å². The highest BCUT2D eigenvalue weighted by atomic mass is 16.7. The zero-order valence-electron chi connectivity index (χ0n) is 27.9. The number of anilines is 1. The Morgan fingerprint density at radius 1 is 0.854 bits per heavy atom. The number of benzene rings is 1. The highest BCUT2D eigenvalue weighted by Gasteiger charge is 2.53. The molecule has 4 N–H and O–H groups in total. The van der Waals surface area contributed by atoms with Crippen molar-refractivity contribution in [2.45, 2.75) is 95.9 Å². The van der Waals surface area contributed by atoms with Crippen molar-refractivity contribution in [3.8, 4) is 0 Å². The molecule has 1 saturated heterocycles. The van der Waals surface area contributed by atoms with E-state index in [0.29, 0.717) is 18.8 Å². The number of aliphatic hydroxyl groups excluding tert-OH is 1. The lowest BCUT2D eigenvalue weighted by molar-refractivity contribution is -0.300. The van der Waals surface area contributed by atoms with E-state index in [0.717, 1.165) is 25.7 Å². The lowest BCUT2D eigenvalue weighted by Crippen LogP contribution is -2.63. The van der Waals surface area contributed by atoms with Crippen molar-refractivity contribution >= 4 is 35.5 Å². The summed E-state index contributed by atoms with van der Waals surface area (Å²) in [6, 6.07) is 8.43. The molecule has 3 rings (SSSR count). The number of allylic oxidation sites excluding steroid dienone is 2. The Labute approximate surface area is 281 Å². The van der Waals surface area contributed by atoms with Crippen LogP contribution in [0, 0.1) is 11.8 Å². The van der Waals surface area contributed by atoms with Gasteiger partial charge < -0.3 is 39.4 Å². The molecule has 1 aromatic carbocycles. The monoisotopic (exact) mass is 675 g/mol. The van der Waals surface area contributed by atoms with E-state index in [2.05, 4.69) is 16.0 Å². The summed E-state index contributed by atoms with van der Waals surface area (Å²) in [4.78, 5) is 66.0. The van der Waals surface area contributed by atoms with Crippen LogP contribution in [0.3, 0.4) is 0 Å². The molecule has 48 heavy (non-hydrogen) atoms. The Morgan fingerprint density at radius 3 is 1.90 bits per heavy atom. The number of fused-ring (bicyclic) bond motifs is 1. The highest BCUT2D eigenvalue weighted by Crippen LogP contribution is 2.32. The summed E-state index contributed by atoms with van der Waals surface area (Å²) in [6.07, 6.45) is -1.55. The first kappa shape index (κ1) is 38.4. The lowest BCUT2D eigenvalue weighted by atomic mass is 9.94. The average molecular weight is 676 g/mol. The van der Waals surface area contributed by atoms with Crippen molar-refractivity contribution in [3.63, 3.8) is 0 Å². The Kier molecular flexibility index (Phi) is 16.3. The summed E-state index contributed by atoms with van der Waals surface area (Å²) in [7, 11) is 1.27. The number of ether oxygens (including phenoxy) is 5. The van der Waals surface area contributed by atoms with Crippen LogP contribution in [0.2, 0.25) is 0 Å². The van der Waals surface area contributed by atoms with Crippen LogP contribution in [0.4, 0.5) is 10.5 Å². The average Bonchev–Trinajstić information content (AvgIpc) is 3.07. The number of para-hydroxylation sites is 1. The highest BCUT2D eigenvalue weighted by molar-refractivity contribution is 5.85. The van der Waals surface area contributed by atoms with Gasteiger partial charge in [-0.25, -0.2) is 4.79 Å². The SMILES string of the molecule is CCCCNC(=O)C[C@@H]1CC=CC[C@@H](CC(=O)NCCCC)C(=O)O[C@@H]2[C@@H](OC)O[C@H](CO)[C@@H](OC(=O)Nc3ccccc3)[C@@H]2OC1=O. The molecule has 266 valence electrons. The minimum absolute atomic E-state index is 0.0928. The van der Waals surface area contributed by atoms with Gasteiger partial charge in [-0.05, 0) is 37.8 Å². The number of methoxy groups -OCH3 is 1. The number of hydrogen-bond acceptors (Lipinski definition) is 11. The topological polar surface area (TPSA) is 188 Å². The maximum Gasteiger partial charge on any atom is 0.412 e. The first-order valence-corrected chi connectivity index (χ1v) is 16.6. The zero-order chi connectivity index (χ0) is 34.9. The second-order valence-corrected chi connectivity index (χ2v) is 11.8. The molecule has 7 atom stereocenters. The second kappa shape index (κ2) is 20.4. The smallest absolute Gasteiger partial charge is 0.412 e. The van der Waals surface area contributed by atoms with Gasteiger partial charge in [0.25, 0.3) is 0 Å². The predicted octanol–water partition coefficient (Wildman–Crippen LogP) is 2.99. The van der Waals surface area contributed by atoms with Crippen LogP contribution in [-0.4, -0.2) is 92.5 Å². The number of rotatable bonds is 14. The van der Waals surface area contributed by atoms with E-state index in [1.807, 2.05) is 13.8 Å². The van der Waals surface area contributed by atoms with Gasteiger partial charge in [0.05, 0.1) is 18.4 Å². The standard InChI is InChI=1S/C34H49N3O11/c1-4-6-17-35-26(39)19-22-13-11-12-14-23(20-27(40)36-18-7-5-2)32(42)47-30-29(46-31(22)41)28(25(21-38)45-33(30)44-3)48-34(43)37-24-15-9-8-10-16-24/h8-12,15-16,22-23,25,28-30,33,38H,4-7,13-14,17-21H2,1-3H3,(H,35,39)(H,36,40)(H,37,43)/t22-,23-,25+,28+,29-,30-,33-/m0/s1. The first-order chi connectivity index (χ1) is 23.2. The number of esters is 2. The third-order valence-electron chi connectivity index (χ3n) is 8.01. The molecular formula is C34H49N3O11. The maximum absolute atomic E-state index is 13.7. The summed E-state index contributed by atoms with van der Waals surface area (Å²) in [5, 5.41) is 18.4. The molecular weight excluding hydrogens is 626 g/mol. The normalized spacial score (nSPS) is 26.0. The van der Waals surface area contributed by atoms with Crippen LogP contribution < -0.4 is 16.0 Å². The predicted molar refractivity (Wildman–Crippen MR) is 173 cm³/mol. The first-order valence-electron chi connectivity index (χ1n) is 16.6. The summed E-state index contributed by atoms with van der Waals surface area (Å²) in [5.41, 5.74) is 0.411. The Bertz CT molecular complexity index is 1230. The molecule has 1 fully saturated rings. The molecule has 1 aromatic rings. The molecule has 0 aliphatic carbocycles. The molecule has 2 aliphatic heterocycles. The van der Waals surface area contributed by atoms with Crippen LogP contribution >= 0.6 is 0 Å². The van der Waals surface area contributed by atoms with Crippen LogP contribution in [0.15, 0.2) is 42.5 Å². The zero-order valence-corrected chi connectivity index (χ0v) is 27.9. The van der Waals surface area contributed by atoms with E-state index >= 15 is 0 Å². The third kappa shape index (κ3) is 11.9. The molecule has 0 bridgehead atoms. The Balaban J connectivity index is 1.97. The Hall–Kier alpha value is -4.01. The molecule has 0 saturated carbocycles. The summed E-state index contributed by atoms with van der Waals surface area (Å²) in [6.45, 7) is 4.22. The molecule has 2 heterocycles. The van der Waals surface area contributed by atoms with Crippen molar-refractivity contribution in [3.05, 3.63) is 42.5 Å². The van der Waals surface area contributed by atoms with Crippen molar-refractivity contribution in [1.82, 2.24) is 10.6 Å². The molecule has 14 heteroatoms. The summed E-state index contributed by atoms with van der Waals surface area (Å²) < 4.78 is 28.8. The fraction of sp³-hybridized carbons (Fsp3) is 0.618. The largest absolute Gasteiger partial charge is 0.454 e. The van der Waals surface area contributed by atoms with Gasteiger partial charge in [0.1, 0.15) is 6.10 Å². The number of carbonyl (C=O) groups is 5. The molecule has 0 unspecified atom stereocenters. The van der Waals surface area contributed by atoms with Crippen LogP contribution in [0.25, 0.3) is 0 Å². The van der Waals surface area contributed by atoms with Gasteiger partial charge >= 0.3 is 18.0 Å². The molecule has 0 radical (unpaired) electrons. The molecule has 2 aliphatic rings. The molecule has 3 amide bonds. The number of nitrogens with one attached hydrogen (secondary N) is 3. The third-order valence-corrected chi connectivity index (χ3v) is 8.01. The van der Waals surface area contributed by atoms with Gasteiger partial charge in [-0.1, -0.05) is 57.0 Å². The lowest BCUT2D eigenvalue weighted by Gasteiger charge is -2.44. The minimum Gasteiger partial charge on any atom is -0.454 e. The fourth-order valence-corrected chi connectivity index (χ4v) is 5.32. The fourth-order valence-electron chi connectivity index (χ4n) is 5.32. The van der Waals surface area contributed by atoms with Gasteiger partial charge in [0.15, 0.2) is 24.6 Å². The number of amides is 3. The van der Waals surface area contributed by atoms with Crippen molar-refractivity contribution in [2.75, 3.05) is 32.1 Å². The number of carbonyl (C=O) groups excluding carboxylic acids is 5. The van der Waals surface area contributed by atoms with Gasteiger partial charge in [0, 0.05) is 38.7 Å².